The number of hydrogen-bond acceptors (Lipinski definition) is 10. The predicted octanol–water partition coefficient (Wildman–Crippen LogP) is 3.05. The van der Waals surface area contributed by atoms with Gasteiger partial charge in [-0.3, -0.25) is 9.36 Å². The van der Waals surface area contributed by atoms with Crippen molar-refractivity contribution in [1.82, 2.24) is 4.57 Å². The Hall–Kier alpha value is -4.10. The molecule has 1 N–H and O–H groups in total. The summed E-state index contributed by atoms with van der Waals surface area (Å²) in [7, 11) is 2.69. The van der Waals surface area contributed by atoms with Crippen LogP contribution in [0.25, 0.3) is 6.08 Å². The van der Waals surface area contributed by atoms with E-state index < -0.39 is 24.6 Å². The van der Waals surface area contributed by atoms with Crippen LogP contribution in [-0.2, 0) is 14.3 Å². The lowest BCUT2D eigenvalue weighted by atomic mass is 9.97. The van der Waals surface area contributed by atoms with E-state index in [-0.39, 0.29) is 22.6 Å². The van der Waals surface area contributed by atoms with Crippen LogP contribution in [0.5, 0.6) is 23.0 Å². The second kappa shape index (κ2) is 13.0. The van der Waals surface area contributed by atoms with Gasteiger partial charge in [-0.1, -0.05) is 17.4 Å². The molecule has 0 radical (unpaired) electrons. The lowest BCUT2D eigenvalue weighted by Gasteiger charge is -2.23. The highest BCUT2D eigenvalue weighted by Crippen LogP contribution is 2.37. The Balaban J connectivity index is 1.86. The molecule has 2 heterocycles. The number of benzene rings is 2. The van der Waals surface area contributed by atoms with Crippen molar-refractivity contribution in [3.05, 3.63) is 77.4 Å². The zero-order valence-corrected chi connectivity index (χ0v) is 25.0. The molecule has 3 aromatic rings. The van der Waals surface area contributed by atoms with Gasteiger partial charge in [-0.15, -0.1) is 0 Å². The largest absolute Gasteiger partial charge is 0.493 e. The predicted molar refractivity (Wildman–Crippen MR) is 154 cm³/mol. The van der Waals surface area contributed by atoms with E-state index in [0.29, 0.717) is 49.6 Å². The molecule has 0 amide bonds. The first-order valence-electron chi connectivity index (χ1n) is 12.4. The summed E-state index contributed by atoms with van der Waals surface area (Å²) in [5.41, 5.74) is 1.01. The van der Waals surface area contributed by atoms with Crippen LogP contribution in [-0.4, -0.2) is 55.7 Å². The smallest absolute Gasteiger partial charge is 0.341 e. The Morgan fingerprint density at radius 3 is 2.46 bits per heavy atom. The van der Waals surface area contributed by atoms with E-state index in [4.69, 9.17) is 28.8 Å². The van der Waals surface area contributed by atoms with E-state index in [1.165, 1.54) is 25.0 Å². The van der Waals surface area contributed by atoms with Crippen molar-refractivity contribution in [3.8, 4) is 23.0 Å². The Morgan fingerprint density at radius 2 is 1.80 bits per heavy atom. The minimum atomic E-state index is -1.13. The molecule has 216 valence electrons. The molecule has 0 saturated heterocycles. The van der Waals surface area contributed by atoms with E-state index in [0.717, 1.165) is 11.3 Å². The van der Waals surface area contributed by atoms with Gasteiger partial charge in [-0.2, -0.15) is 0 Å². The van der Waals surface area contributed by atoms with Crippen LogP contribution in [0, 0.1) is 0 Å². The summed E-state index contributed by atoms with van der Waals surface area (Å²) in [6.07, 6.45) is 3.07. The fraction of sp³-hybridized carbons (Fsp3) is 0.286. The van der Waals surface area contributed by atoms with Crippen molar-refractivity contribution in [1.29, 1.82) is 0 Å². The minimum Gasteiger partial charge on any atom is -0.493 e. The number of hydrogen-bond donors (Lipinski definition) is 1. The number of aromatic nitrogens is 1. The average molecular weight is 648 g/mol. The van der Waals surface area contributed by atoms with Gasteiger partial charge in [0, 0.05) is 6.20 Å². The number of methoxy groups -OCH3 is 2. The number of halogens is 1. The zero-order chi connectivity index (χ0) is 29.7. The molecule has 1 aromatic heterocycles. The number of carboxylic acid groups (broad SMARTS) is 1. The number of carbonyl (C=O) groups excluding carboxylic acids is 1. The zero-order valence-electron chi connectivity index (χ0n) is 22.6. The maximum absolute atomic E-state index is 13.8. The quantitative estimate of drug-likeness (QED) is 0.312. The first-order valence-corrected chi connectivity index (χ1v) is 14.0. The van der Waals surface area contributed by atoms with Crippen molar-refractivity contribution in [3.63, 3.8) is 0 Å². The van der Waals surface area contributed by atoms with Crippen LogP contribution >= 0.6 is 27.3 Å². The fourth-order valence-corrected chi connectivity index (χ4v) is 5.78. The summed E-state index contributed by atoms with van der Waals surface area (Å²) in [6.45, 7) is 4.00. The number of carboxylic acids is 1. The summed E-state index contributed by atoms with van der Waals surface area (Å²) in [6, 6.07) is 7.73. The lowest BCUT2D eigenvalue weighted by Crippen LogP contribution is -2.39. The normalized spacial score (nSPS) is 14.4. The standard InChI is InChI=1S/C28H27BrN2O9S/c1-5-38-19-8-7-16(12-20(19)39-6-2)24-17(27(35)37-4)13-30-28-31(24)26(34)22(41-28)11-15-9-18(29)25(21(10-15)36-3)40-14-23(32)33/h7-13,24H,5-6,14H2,1-4H3,(H,32,33)/b22-11-/t24-/m0/s1. The van der Waals surface area contributed by atoms with Gasteiger partial charge in [-0.05, 0) is 71.2 Å². The second-order valence-electron chi connectivity index (χ2n) is 8.46. The molecule has 0 unspecified atom stereocenters. The van der Waals surface area contributed by atoms with Crippen molar-refractivity contribution in [2.24, 2.45) is 4.99 Å². The Kier molecular flexibility index (Phi) is 9.50. The molecule has 1 atom stereocenters. The molecular formula is C28H27BrN2O9S. The first kappa shape index (κ1) is 29.9. The second-order valence-corrected chi connectivity index (χ2v) is 10.3. The average Bonchev–Trinajstić information content (AvgIpc) is 3.27. The fourth-order valence-electron chi connectivity index (χ4n) is 4.24. The number of thiazole rings is 1. The van der Waals surface area contributed by atoms with Gasteiger partial charge < -0.3 is 28.8 Å². The van der Waals surface area contributed by atoms with Crippen LogP contribution in [0.15, 0.2) is 56.4 Å². The number of ether oxygens (including phenoxy) is 5. The SMILES string of the molecule is CCOc1ccc([C@H]2C(C(=O)OC)=CN=c3s/c(=C\c4cc(Br)c(OCC(=O)O)c(OC)c4)c(=O)n32)cc1OCC. The Morgan fingerprint density at radius 1 is 1.07 bits per heavy atom. The van der Waals surface area contributed by atoms with E-state index in [9.17, 15) is 14.4 Å². The van der Waals surface area contributed by atoms with E-state index in [1.54, 1.807) is 36.4 Å². The monoisotopic (exact) mass is 646 g/mol. The van der Waals surface area contributed by atoms with Crippen molar-refractivity contribution in [2.75, 3.05) is 34.0 Å². The number of carbonyl (C=O) groups is 2. The third-order valence-electron chi connectivity index (χ3n) is 5.90. The van der Waals surface area contributed by atoms with E-state index in [2.05, 4.69) is 20.9 Å². The molecule has 0 bridgehead atoms. The van der Waals surface area contributed by atoms with Gasteiger partial charge in [0.25, 0.3) is 5.56 Å². The van der Waals surface area contributed by atoms with E-state index >= 15 is 0 Å². The van der Waals surface area contributed by atoms with Crippen LogP contribution in [0.4, 0.5) is 0 Å². The van der Waals surface area contributed by atoms with Gasteiger partial charge >= 0.3 is 11.9 Å². The number of esters is 1. The summed E-state index contributed by atoms with van der Waals surface area (Å²) in [5, 5.41) is 8.96. The topological polar surface area (TPSA) is 135 Å². The van der Waals surface area contributed by atoms with Crippen LogP contribution in [0.3, 0.4) is 0 Å². The lowest BCUT2D eigenvalue weighted by molar-refractivity contribution is -0.139. The molecule has 13 heteroatoms. The summed E-state index contributed by atoms with van der Waals surface area (Å²) in [4.78, 5) is 42.4. The molecule has 4 rings (SSSR count). The Labute approximate surface area is 247 Å². The minimum absolute atomic E-state index is 0.183. The maximum atomic E-state index is 13.8. The highest BCUT2D eigenvalue weighted by molar-refractivity contribution is 9.10. The number of fused-ring (bicyclic) bond motifs is 1. The van der Waals surface area contributed by atoms with Crippen molar-refractivity contribution in [2.45, 2.75) is 19.9 Å². The molecule has 0 spiro atoms. The third kappa shape index (κ3) is 6.30. The summed E-state index contributed by atoms with van der Waals surface area (Å²) >= 11 is 4.54. The third-order valence-corrected chi connectivity index (χ3v) is 7.48. The number of nitrogens with zero attached hydrogens (tertiary/aromatic N) is 2. The molecule has 11 nitrogen and oxygen atoms in total. The Bertz CT molecular complexity index is 1690. The van der Waals surface area contributed by atoms with Gasteiger partial charge in [0.1, 0.15) is 0 Å². The molecule has 1 aliphatic rings. The van der Waals surface area contributed by atoms with Crippen molar-refractivity contribution >= 4 is 45.3 Å². The van der Waals surface area contributed by atoms with Gasteiger partial charge in [0.15, 0.2) is 34.4 Å². The summed E-state index contributed by atoms with van der Waals surface area (Å²) in [5.74, 6) is -0.224. The highest BCUT2D eigenvalue weighted by Gasteiger charge is 2.31. The highest BCUT2D eigenvalue weighted by atomic mass is 79.9. The van der Waals surface area contributed by atoms with Crippen molar-refractivity contribution < 1.29 is 38.4 Å². The van der Waals surface area contributed by atoms with E-state index in [1.807, 2.05) is 13.8 Å². The number of aliphatic carboxylic acids is 1. The molecular weight excluding hydrogens is 620 g/mol. The molecule has 0 aliphatic carbocycles. The van der Waals surface area contributed by atoms with Crippen LogP contribution < -0.4 is 33.8 Å². The van der Waals surface area contributed by atoms with Gasteiger partial charge in [0.05, 0.1) is 48.1 Å². The molecule has 0 saturated carbocycles. The first-order chi connectivity index (χ1) is 19.7. The summed E-state index contributed by atoms with van der Waals surface area (Å²) < 4.78 is 29.4. The van der Waals surface area contributed by atoms with Gasteiger partial charge in [0.2, 0.25) is 0 Å². The molecule has 41 heavy (non-hydrogen) atoms. The molecule has 0 fully saturated rings. The number of rotatable bonds is 11. The van der Waals surface area contributed by atoms with Gasteiger partial charge in [-0.25, -0.2) is 14.6 Å². The molecule has 1 aliphatic heterocycles. The van der Waals surface area contributed by atoms with Crippen LogP contribution in [0.1, 0.15) is 31.0 Å². The van der Waals surface area contributed by atoms with Crippen LogP contribution in [0.2, 0.25) is 0 Å². The maximum Gasteiger partial charge on any atom is 0.341 e. The molecule has 2 aromatic carbocycles.